The minimum atomic E-state index is -0.216. The molecule has 2 aromatic carbocycles. The topological polar surface area (TPSA) is 41.5 Å². The molecule has 3 nitrogen and oxygen atoms in total. The summed E-state index contributed by atoms with van der Waals surface area (Å²) in [5.41, 5.74) is 5.94. The lowest BCUT2D eigenvalue weighted by atomic mass is 10.1. The Bertz CT molecular complexity index is 680. The average molecular weight is 301 g/mol. The van der Waals surface area contributed by atoms with E-state index in [1.165, 1.54) is 0 Å². The Labute approximate surface area is 129 Å². The van der Waals surface area contributed by atoms with Gasteiger partial charge in [-0.2, -0.15) is 5.10 Å². The van der Waals surface area contributed by atoms with E-state index >= 15 is 0 Å². The molecule has 0 aliphatic rings. The molecule has 1 amide bonds. The Balaban J connectivity index is 2.16. The Hall–Kier alpha value is -2.13. The number of nitrogens with one attached hydrogen (secondary N) is 1. The Morgan fingerprint density at radius 3 is 2.52 bits per heavy atom. The van der Waals surface area contributed by atoms with Crippen molar-refractivity contribution in [3.63, 3.8) is 0 Å². The fraction of sp³-hybridized carbons (Fsp3) is 0.176. The van der Waals surface area contributed by atoms with Gasteiger partial charge < -0.3 is 0 Å². The van der Waals surface area contributed by atoms with Crippen molar-refractivity contribution in [1.82, 2.24) is 5.43 Å². The Morgan fingerprint density at radius 1 is 1.14 bits per heavy atom. The lowest BCUT2D eigenvalue weighted by molar-refractivity contribution is 0.0954. The first kappa shape index (κ1) is 15.3. The fourth-order valence-corrected chi connectivity index (χ4v) is 2.18. The number of hydrogen-bond acceptors (Lipinski definition) is 2. The Kier molecular flexibility index (Phi) is 5.12. The summed E-state index contributed by atoms with van der Waals surface area (Å²) in [5, 5.41) is 4.87. The molecule has 0 unspecified atom stereocenters. The third-order valence-electron chi connectivity index (χ3n) is 3.07. The molecule has 0 atom stereocenters. The van der Waals surface area contributed by atoms with Crippen LogP contribution in [-0.2, 0) is 0 Å². The number of halogens is 1. The first-order valence-electron chi connectivity index (χ1n) is 6.79. The number of amides is 1. The van der Waals surface area contributed by atoms with Crippen molar-refractivity contribution in [3.05, 3.63) is 70.2 Å². The Morgan fingerprint density at radius 2 is 1.86 bits per heavy atom. The van der Waals surface area contributed by atoms with E-state index < -0.39 is 0 Å². The van der Waals surface area contributed by atoms with Crippen LogP contribution in [0.2, 0.25) is 5.02 Å². The number of nitrogens with zero attached hydrogens (tertiary/aromatic N) is 1. The molecule has 4 heteroatoms. The molecule has 0 saturated heterocycles. The second kappa shape index (κ2) is 7.04. The minimum absolute atomic E-state index is 0.216. The summed E-state index contributed by atoms with van der Waals surface area (Å²) in [6.07, 6.45) is 0.703. The van der Waals surface area contributed by atoms with Gasteiger partial charge in [-0.05, 0) is 43.2 Å². The molecule has 0 bridgehead atoms. The van der Waals surface area contributed by atoms with Gasteiger partial charge in [0.05, 0.1) is 5.71 Å². The van der Waals surface area contributed by atoms with Crippen LogP contribution in [0.25, 0.3) is 0 Å². The van der Waals surface area contributed by atoms with Gasteiger partial charge in [-0.25, -0.2) is 5.43 Å². The number of aryl methyl sites for hydroxylation is 1. The van der Waals surface area contributed by atoms with Gasteiger partial charge in [0, 0.05) is 10.6 Å². The van der Waals surface area contributed by atoms with Crippen LogP contribution in [0.3, 0.4) is 0 Å². The van der Waals surface area contributed by atoms with Crippen molar-refractivity contribution in [3.8, 4) is 0 Å². The second-order valence-electron chi connectivity index (χ2n) is 4.73. The van der Waals surface area contributed by atoms with E-state index in [1.54, 1.807) is 6.07 Å². The molecule has 0 aliphatic heterocycles. The highest BCUT2D eigenvalue weighted by Crippen LogP contribution is 2.13. The summed E-state index contributed by atoms with van der Waals surface area (Å²) >= 11 is 5.98. The van der Waals surface area contributed by atoms with Crippen molar-refractivity contribution in [2.24, 2.45) is 5.10 Å². The average Bonchev–Trinajstić information content (AvgIpc) is 2.48. The van der Waals surface area contributed by atoms with Gasteiger partial charge in [-0.1, -0.05) is 48.4 Å². The van der Waals surface area contributed by atoms with E-state index in [-0.39, 0.29) is 5.91 Å². The standard InChI is InChI=1S/C17H17ClN2O/c1-3-16(13-7-5-9-15(18)11-13)19-20-17(21)14-8-4-6-12(2)10-14/h4-11H,3H2,1-2H3,(H,20,21)/b19-16+. The maximum atomic E-state index is 12.1. The monoisotopic (exact) mass is 300 g/mol. The van der Waals surface area contributed by atoms with Crippen LogP contribution >= 0.6 is 11.6 Å². The molecule has 108 valence electrons. The SMILES string of the molecule is CC/C(=N\NC(=O)c1cccc(C)c1)c1cccc(Cl)c1. The molecular weight excluding hydrogens is 284 g/mol. The van der Waals surface area contributed by atoms with Crippen LogP contribution < -0.4 is 5.43 Å². The summed E-state index contributed by atoms with van der Waals surface area (Å²) in [6.45, 7) is 3.93. The minimum Gasteiger partial charge on any atom is -0.267 e. The predicted octanol–water partition coefficient (Wildman–Crippen LogP) is 4.19. The third kappa shape index (κ3) is 4.17. The first-order valence-corrected chi connectivity index (χ1v) is 7.17. The molecule has 0 heterocycles. The molecule has 2 aromatic rings. The van der Waals surface area contributed by atoms with Gasteiger partial charge in [-0.15, -0.1) is 0 Å². The summed E-state index contributed by atoms with van der Waals surface area (Å²) in [5.74, 6) is -0.216. The zero-order valence-electron chi connectivity index (χ0n) is 12.1. The quantitative estimate of drug-likeness (QED) is 0.667. The van der Waals surface area contributed by atoms with Crippen molar-refractivity contribution in [2.75, 3.05) is 0 Å². The van der Waals surface area contributed by atoms with Gasteiger partial charge in [0.15, 0.2) is 0 Å². The number of carbonyl (C=O) groups excluding carboxylic acids is 1. The zero-order chi connectivity index (χ0) is 15.2. The van der Waals surface area contributed by atoms with Crippen molar-refractivity contribution in [2.45, 2.75) is 20.3 Å². The molecule has 0 radical (unpaired) electrons. The lowest BCUT2D eigenvalue weighted by Crippen LogP contribution is -2.20. The highest BCUT2D eigenvalue weighted by molar-refractivity contribution is 6.31. The highest BCUT2D eigenvalue weighted by Gasteiger charge is 2.06. The molecule has 1 N–H and O–H groups in total. The molecule has 0 aliphatic carbocycles. The van der Waals surface area contributed by atoms with Gasteiger partial charge in [0.25, 0.3) is 5.91 Å². The van der Waals surface area contributed by atoms with E-state index in [9.17, 15) is 4.79 Å². The summed E-state index contributed by atoms with van der Waals surface area (Å²) in [4.78, 5) is 12.1. The largest absolute Gasteiger partial charge is 0.271 e. The van der Waals surface area contributed by atoms with Crippen LogP contribution in [0, 0.1) is 6.92 Å². The van der Waals surface area contributed by atoms with Crippen LogP contribution in [-0.4, -0.2) is 11.6 Å². The van der Waals surface area contributed by atoms with Crippen molar-refractivity contribution in [1.29, 1.82) is 0 Å². The van der Waals surface area contributed by atoms with Gasteiger partial charge in [-0.3, -0.25) is 4.79 Å². The van der Waals surface area contributed by atoms with Gasteiger partial charge in [0.1, 0.15) is 0 Å². The predicted molar refractivity (Wildman–Crippen MR) is 86.9 cm³/mol. The number of carbonyl (C=O) groups is 1. The van der Waals surface area contributed by atoms with E-state index in [2.05, 4.69) is 10.5 Å². The molecular formula is C17H17ClN2O. The highest BCUT2D eigenvalue weighted by atomic mass is 35.5. The van der Waals surface area contributed by atoms with E-state index in [4.69, 9.17) is 11.6 Å². The number of hydrazone groups is 1. The smallest absolute Gasteiger partial charge is 0.267 e. The van der Waals surface area contributed by atoms with Crippen molar-refractivity contribution < 1.29 is 4.79 Å². The number of rotatable bonds is 4. The van der Waals surface area contributed by atoms with Crippen LogP contribution in [0.5, 0.6) is 0 Å². The molecule has 0 fully saturated rings. The lowest BCUT2D eigenvalue weighted by Gasteiger charge is -2.06. The molecule has 0 aromatic heterocycles. The molecule has 2 rings (SSSR count). The third-order valence-corrected chi connectivity index (χ3v) is 3.30. The maximum Gasteiger partial charge on any atom is 0.271 e. The van der Waals surface area contributed by atoms with Gasteiger partial charge >= 0.3 is 0 Å². The normalized spacial score (nSPS) is 11.3. The van der Waals surface area contributed by atoms with Crippen LogP contribution in [0.4, 0.5) is 0 Å². The van der Waals surface area contributed by atoms with Crippen LogP contribution in [0.1, 0.15) is 34.8 Å². The van der Waals surface area contributed by atoms with Gasteiger partial charge in [0.2, 0.25) is 0 Å². The fourth-order valence-electron chi connectivity index (χ4n) is 1.98. The number of benzene rings is 2. The van der Waals surface area contributed by atoms with E-state index in [1.807, 2.05) is 56.3 Å². The molecule has 0 spiro atoms. The number of hydrogen-bond donors (Lipinski definition) is 1. The zero-order valence-corrected chi connectivity index (χ0v) is 12.8. The molecule has 0 saturated carbocycles. The molecule has 21 heavy (non-hydrogen) atoms. The summed E-state index contributed by atoms with van der Waals surface area (Å²) < 4.78 is 0. The van der Waals surface area contributed by atoms with E-state index in [0.29, 0.717) is 17.0 Å². The summed E-state index contributed by atoms with van der Waals surface area (Å²) in [6, 6.07) is 14.8. The first-order chi connectivity index (χ1) is 10.1. The van der Waals surface area contributed by atoms with E-state index in [0.717, 1.165) is 16.8 Å². The second-order valence-corrected chi connectivity index (χ2v) is 5.17. The van der Waals surface area contributed by atoms with Crippen LogP contribution in [0.15, 0.2) is 53.6 Å². The maximum absolute atomic E-state index is 12.1. The summed E-state index contributed by atoms with van der Waals surface area (Å²) in [7, 11) is 0. The van der Waals surface area contributed by atoms with Crippen molar-refractivity contribution >= 4 is 23.2 Å².